The van der Waals surface area contributed by atoms with Crippen LogP contribution in [0.4, 0.5) is 0 Å². The first kappa shape index (κ1) is 15.0. The van der Waals surface area contributed by atoms with Crippen molar-refractivity contribution in [1.82, 2.24) is 4.90 Å². The van der Waals surface area contributed by atoms with Gasteiger partial charge in [0, 0.05) is 26.1 Å². The second kappa shape index (κ2) is 7.44. The number of rotatable bonds is 5. The summed E-state index contributed by atoms with van der Waals surface area (Å²) in [7, 11) is 0. The molecule has 1 aromatic rings. The fourth-order valence-corrected chi connectivity index (χ4v) is 2.72. The number of piperidine rings is 1. The molecule has 0 aromatic heterocycles. The van der Waals surface area contributed by atoms with Crippen molar-refractivity contribution in [3.05, 3.63) is 35.4 Å². The minimum absolute atomic E-state index is 0.251. The summed E-state index contributed by atoms with van der Waals surface area (Å²) >= 11 is 0. The number of nitrogens with zero attached hydrogens (tertiary/aromatic N) is 1. The van der Waals surface area contributed by atoms with Crippen LogP contribution in [0.2, 0.25) is 0 Å². The minimum atomic E-state index is 0.251. The molecule has 1 amide bonds. The normalized spacial score (nSPS) is 16.4. The number of aryl methyl sites for hydroxylation is 2. The Hall–Kier alpha value is -1.35. The maximum absolute atomic E-state index is 12.2. The van der Waals surface area contributed by atoms with E-state index < -0.39 is 0 Å². The van der Waals surface area contributed by atoms with Crippen molar-refractivity contribution in [2.45, 2.75) is 39.0 Å². The first-order valence-electron chi connectivity index (χ1n) is 7.69. The highest BCUT2D eigenvalue weighted by molar-refractivity contribution is 5.76. The molecule has 1 aliphatic heterocycles. The Balaban J connectivity index is 1.77. The molecule has 1 aromatic carbocycles. The van der Waals surface area contributed by atoms with E-state index >= 15 is 0 Å². The summed E-state index contributed by atoms with van der Waals surface area (Å²) in [4.78, 5) is 14.1. The molecule has 1 N–H and O–H groups in total. The average molecular weight is 275 g/mol. The van der Waals surface area contributed by atoms with E-state index in [1.807, 2.05) is 4.90 Å². The third-order valence-corrected chi connectivity index (χ3v) is 4.28. The second-order valence-corrected chi connectivity index (χ2v) is 5.68. The zero-order valence-corrected chi connectivity index (χ0v) is 12.3. The Labute approximate surface area is 121 Å². The van der Waals surface area contributed by atoms with Gasteiger partial charge in [-0.2, -0.15) is 0 Å². The zero-order chi connectivity index (χ0) is 14.4. The summed E-state index contributed by atoms with van der Waals surface area (Å²) in [6.45, 7) is 4.01. The highest BCUT2D eigenvalue weighted by Gasteiger charge is 2.21. The summed E-state index contributed by atoms with van der Waals surface area (Å²) in [6, 6.07) is 8.55. The van der Waals surface area contributed by atoms with Gasteiger partial charge in [0.15, 0.2) is 0 Å². The van der Waals surface area contributed by atoms with Gasteiger partial charge in [0.2, 0.25) is 5.91 Å². The van der Waals surface area contributed by atoms with Gasteiger partial charge in [-0.05, 0) is 42.7 Å². The number of hydrogen-bond acceptors (Lipinski definition) is 2. The molecule has 0 aliphatic carbocycles. The van der Waals surface area contributed by atoms with Gasteiger partial charge in [-0.3, -0.25) is 4.79 Å². The largest absolute Gasteiger partial charge is 0.396 e. The molecule has 0 spiro atoms. The highest BCUT2D eigenvalue weighted by Crippen LogP contribution is 2.17. The molecule has 0 unspecified atom stereocenters. The van der Waals surface area contributed by atoms with Gasteiger partial charge >= 0.3 is 0 Å². The van der Waals surface area contributed by atoms with Crippen LogP contribution in [0.15, 0.2) is 24.3 Å². The lowest BCUT2D eigenvalue weighted by molar-refractivity contribution is -0.132. The number of aliphatic hydroxyl groups is 1. The molecule has 1 saturated heterocycles. The van der Waals surface area contributed by atoms with E-state index in [4.69, 9.17) is 5.11 Å². The quantitative estimate of drug-likeness (QED) is 0.896. The zero-order valence-electron chi connectivity index (χ0n) is 12.3. The lowest BCUT2D eigenvalue weighted by Gasteiger charge is -2.31. The molecule has 20 heavy (non-hydrogen) atoms. The van der Waals surface area contributed by atoms with Crippen LogP contribution in [0.25, 0.3) is 0 Å². The fourth-order valence-electron chi connectivity index (χ4n) is 2.72. The fraction of sp³-hybridized carbons (Fsp3) is 0.588. The van der Waals surface area contributed by atoms with Crippen molar-refractivity contribution in [3.8, 4) is 0 Å². The predicted octanol–water partition coefficient (Wildman–Crippen LogP) is 2.41. The minimum Gasteiger partial charge on any atom is -0.396 e. The van der Waals surface area contributed by atoms with E-state index in [-0.39, 0.29) is 12.5 Å². The van der Waals surface area contributed by atoms with E-state index in [1.165, 1.54) is 11.1 Å². The van der Waals surface area contributed by atoms with Crippen molar-refractivity contribution in [2.75, 3.05) is 19.7 Å². The Bertz CT molecular complexity index is 419. The van der Waals surface area contributed by atoms with Crippen molar-refractivity contribution >= 4 is 5.91 Å². The molecule has 0 radical (unpaired) electrons. The van der Waals surface area contributed by atoms with Crippen LogP contribution in [0, 0.1) is 5.92 Å². The highest BCUT2D eigenvalue weighted by atomic mass is 16.3. The number of hydrogen-bond donors (Lipinski definition) is 1. The lowest BCUT2D eigenvalue weighted by Crippen LogP contribution is -2.39. The maximum atomic E-state index is 12.2. The SMILES string of the molecule is CCc1ccc(CCC(=O)N2CCC(CO)CC2)cc1. The number of aliphatic hydroxyl groups excluding tert-OH is 1. The average Bonchev–Trinajstić information content (AvgIpc) is 2.53. The number of carbonyl (C=O) groups excluding carboxylic acids is 1. The first-order chi connectivity index (χ1) is 9.72. The lowest BCUT2D eigenvalue weighted by atomic mass is 9.97. The molecule has 2 rings (SSSR count). The molecular weight excluding hydrogens is 250 g/mol. The maximum Gasteiger partial charge on any atom is 0.222 e. The Morgan fingerprint density at radius 1 is 1.20 bits per heavy atom. The Morgan fingerprint density at radius 2 is 1.80 bits per heavy atom. The van der Waals surface area contributed by atoms with Crippen molar-refractivity contribution in [2.24, 2.45) is 5.92 Å². The van der Waals surface area contributed by atoms with E-state index in [0.717, 1.165) is 38.8 Å². The van der Waals surface area contributed by atoms with Crippen molar-refractivity contribution < 1.29 is 9.90 Å². The van der Waals surface area contributed by atoms with Crippen LogP contribution in [-0.2, 0) is 17.6 Å². The second-order valence-electron chi connectivity index (χ2n) is 5.68. The van der Waals surface area contributed by atoms with Crippen LogP contribution in [0.1, 0.15) is 37.3 Å². The smallest absolute Gasteiger partial charge is 0.222 e. The molecule has 1 fully saturated rings. The molecule has 0 bridgehead atoms. The van der Waals surface area contributed by atoms with Crippen molar-refractivity contribution in [1.29, 1.82) is 0 Å². The Morgan fingerprint density at radius 3 is 2.35 bits per heavy atom. The molecule has 3 heteroatoms. The molecule has 1 heterocycles. The topological polar surface area (TPSA) is 40.5 Å². The number of benzene rings is 1. The number of amides is 1. The summed E-state index contributed by atoms with van der Waals surface area (Å²) < 4.78 is 0. The standard InChI is InChI=1S/C17H25NO2/c1-2-14-3-5-15(6-4-14)7-8-17(20)18-11-9-16(13-19)10-12-18/h3-6,16,19H,2,7-13H2,1H3. The monoisotopic (exact) mass is 275 g/mol. The molecule has 0 saturated carbocycles. The van der Waals surface area contributed by atoms with Crippen LogP contribution in [0.5, 0.6) is 0 Å². The molecule has 0 atom stereocenters. The van der Waals surface area contributed by atoms with E-state index in [1.54, 1.807) is 0 Å². The van der Waals surface area contributed by atoms with Crippen LogP contribution >= 0.6 is 0 Å². The van der Waals surface area contributed by atoms with Crippen LogP contribution in [0.3, 0.4) is 0 Å². The molecular formula is C17H25NO2. The Kier molecular flexibility index (Phi) is 5.60. The van der Waals surface area contributed by atoms with Gasteiger partial charge in [0.25, 0.3) is 0 Å². The number of carbonyl (C=O) groups is 1. The molecule has 110 valence electrons. The van der Waals surface area contributed by atoms with Crippen LogP contribution < -0.4 is 0 Å². The summed E-state index contributed by atoms with van der Waals surface area (Å²) in [5.74, 6) is 0.640. The predicted molar refractivity (Wildman–Crippen MR) is 80.5 cm³/mol. The van der Waals surface area contributed by atoms with Gasteiger partial charge in [0.05, 0.1) is 0 Å². The van der Waals surface area contributed by atoms with Gasteiger partial charge in [0.1, 0.15) is 0 Å². The van der Waals surface area contributed by atoms with Crippen LogP contribution in [-0.4, -0.2) is 35.6 Å². The van der Waals surface area contributed by atoms with E-state index in [9.17, 15) is 4.79 Å². The van der Waals surface area contributed by atoms with E-state index in [2.05, 4.69) is 31.2 Å². The van der Waals surface area contributed by atoms with Gasteiger partial charge in [-0.25, -0.2) is 0 Å². The van der Waals surface area contributed by atoms with Gasteiger partial charge in [-0.1, -0.05) is 31.2 Å². The third kappa shape index (κ3) is 4.07. The number of likely N-dealkylation sites (tertiary alicyclic amines) is 1. The third-order valence-electron chi connectivity index (χ3n) is 4.28. The molecule has 1 aliphatic rings. The van der Waals surface area contributed by atoms with Crippen molar-refractivity contribution in [3.63, 3.8) is 0 Å². The summed E-state index contributed by atoms with van der Waals surface area (Å²) in [5.41, 5.74) is 2.58. The van der Waals surface area contributed by atoms with Gasteiger partial charge < -0.3 is 10.0 Å². The van der Waals surface area contributed by atoms with Gasteiger partial charge in [-0.15, -0.1) is 0 Å². The summed E-state index contributed by atoms with van der Waals surface area (Å²) in [5, 5.41) is 9.11. The summed E-state index contributed by atoms with van der Waals surface area (Å²) in [6.07, 6.45) is 4.35. The molecule has 3 nitrogen and oxygen atoms in total. The first-order valence-corrected chi connectivity index (χ1v) is 7.69. The van der Waals surface area contributed by atoms with E-state index in [0.29, 0.717) is 12.3 Å².